The molecule has 2 atom stereocenters. The van der Waals surface area contributed by atoms with Gasteiger partial charge in [-0.25, -0.2) is 0 Å². The fourth-order valence-corrected chi connectivity index (χ4v) is 3.77. The summed E-state index contributed by atoms with van der Waals surface area (Å²) in [5.41, 5.74) is 2.30. The Morgan fingerprint density at radius 2 is 1.67 bits per heavy atom. The lowest BCUT2D eigenvalue weighted by atomic mass is 10.0. The zero-order chi connectivity index (χ0) is 21.7. The third-order valence-corrected chi connectivity index (χ3v) is 5.50. The number of hydrogen-bond acceptors (Lipinski definition) is 3. The van der Waals surface area contributed by atoms with Gasteiger partial charge in [-0.3, -0.25) is 9.59 Å². The molecule has 0 heterocycles. The number of halogens is 2. The molecule has 1 aliphatic carbocycles. The predicted octanol–water partition coefficient (Wildman–Crippen LogP) is 4.47. The fourth-order valence-electron chi connectivity index (χ4n) is 3.77. The molecule has 0 aliphatic heterocycles. The highest BCUT2D eigenvalue weighted by Crippen LogP contribution is 2.26. The van der Waals surface area contributed by atoms with Gasteiger partial charge in [0.05, 0.1) is 0 Å². The second kappa shape index (κ2) is 9.69. The summed E-state index contributed by atoms with van der Waals surface area (Å²) in [5, 5.41) is 3.00. The topological polar surface area (TPSA) is 58.6 Å². The average Bonchev–Trinajstić information content (AvgIpc) is 3.21. The third-order valence-electron chi connectivity index (χ3n) is 5.50. The van der Waals surface area contributed by atoms with Gasteiger partial charge in [0, 0.05) is 31.1 Å². The Morgan fingerprint density at radius 1 is 1.07 bits per heavy atom. The lowest BCUT2D eigenvalue weighted by Gasteiger charge is -2.25. The van der Waals surface area contributed by atoms with Gasteiger partial charge in [0.15, 0.2) is 0 Å². The summed E-state index contributed by atoms with van der Waals surface area (Å²) in [6.45, 7) is -1.02. The van der Waals surface area contributed by atoms with Crippen molar-refractivity contribution in [3.05, 3.63) is 54.1 Å². The molecule has 3 rings (SSSR count). The van der Waals surface area contributed by atoms with Crippen LogP contribution in [0.4, 0.5) is 8.78 Å². The Hall–Kier alpha value is -2.96. The van der Waals surface area contributed by atoms with Gasteiger partial charge in [-0.05, 0) is 54.7 Å². The minimum atomic E-state index is -2.85. The van der Waals surface area contributed by atoms with Crippen LogP contribution < -0.4 is 10.1 Å². The van der Waals surface area contributed by atoms with Gasteiger partial charge in [-0.2, -0.15) is 8.78 Å². The van der Waals surface area contributed by atoms with E-state index >= 15 is 0 Å². The van der Waals surface area contributed by atoms with Crippen LogP contribution in [0.2, 0.25) is 0 Å². The molecule has 1 aliphatic rings. The molecule has 2 amide bonds. The summed E-state index contributed by atoms with van der Waals surface area (Å²) in [4.78, 5) is 26.2. The molecule has 1 saturated carbocycles. The third kappa shape index (κ3) is 5.34. The molecule has 0 spiro atoms. The first kappa shape index (κ1) is 21.7. The van der Waals surface area contributed by atoms with Gasteiger partial charge in [-0.15, -0.1) is 0 Å². The highest BCUT2D eigenvalue weighted by molar-refractivity contribution is 5.94. The first-order valence-corrected chi connectivity index (χ1v) is 10.1. The first-order chi connectivity index (χ1) is 14.4. The minimum absolute atomic E-state index is 0.0408. The van der Waals surface area contributed by atoms with Gasteiger partial charge >= 0.3 is 6.61 Å². The van der Waals surface area contributed by atoms with E-state index in [1.54, 1.807) is 36.2 Å². The Morgan fingerprint density at radius 3 is 2.23 bits per heavy atom. The number of amides is 2. The summed E-state index contributed by atoms with van der Waals surface area (Å²) in [5.74, 6) is 0.0842. The van der Waals surface area contributed by atoms with E-state index in [4.69, 9.17) is 0 Å². The maximum atomic E-state index is 12.9. The van der Waals surface area contributed by atoms with Crippen LogP contribution >= 0.6 is 0 Å². The van der Waals surface area contributed by atoms with E-state index in [2.05, 4.69) is 10.1 Å². The first-order valence-electron chi connectivity index (χ1n) is 10.1. The molecular weight excluding hydrogens is 390 g/mol. The van der Waals surface area contributed by atoms with Crippen molar-refractivity contribution in [1.29, 1.82) is 0 Å². The second-order valence-corrected chi connectivity index (χ2v) is 7.48. The predicted molar refractivity (Wildman–Crippen MR) is 110 cm³/mol. The van der Waals surface area contributed by atoms with Crippen molar-refractivity contribution in [3.63, 3.8) is 0 Å². The molecule has 0 radical (unpaired) electrons. The van der Waals surface area contributed by atoms with Crippen molar-refractivity contribution in [3.8, 4) is 16.9 Å². The maximum Gasteiger partial charge on any atom is 0.387 e. The monoisotopic (exact) mass is 416 g/mol. The molecule has 7 heteroatoms. The fraction of sp³-hybridized carbons (Fsp3) is 0.391. The van der Waals surface area contributed by atoms with E-state index < -0.39 is 6.61 Å². The molecule has 2 unspecified atom stereocenters. The van der Waals surface area contributed by atoms with E-state index in [1.165, 1.54) is 12.1 Å². The Bertz CT molecular complexity index is 869. The van der Waals surface area contributed by atoms with E-state index in [1.807, 2.05) is 19.1 Å². The highest BCUT2D eigenvalue weighted by atomic mass is 19.3. The maximum absolute atomic E-state index is 12.9. The number of alkyl halides is 2. The molecular formula is C23H26F2N2O3. The Balaban J connectivity index is 1.61. The van der Waals surface area contributed by atoms with Crippen LogP contribution in [0.3, 0.4) is 0 Å². The summed E-state index contributed by atoms with van der Waals surface area (Å²) < 4.78 is 28.9. The van der Waals surface area contributed by atoms with Crippen molar-refractivity contribution in [2.45, 2.75) is 51.3 Å². The molecule has 2 aromatic rings. The van der Waals surface area contributed by atoms with Crippen LogP contribution in [0, 0.1) is 0 Å². The van der Waals surface area contributed by atoms with E-state index in [0.717, 1.165) is 30.4 Å². The van der Waals surface area contributed by atoms with Crippen LogP contribution in [-0.4, -0.2) is 42.5 Å². The smallest absolute Gasteiger partial charge is 0.387 e. The Labute approximate surface area is 175 Å². The van der Waals surface area contributed by atoms with Gasteiger partial charge in [0.2, 0.25) is 5.91 Å². The van der Waals surface area contributed by atoms with Gasteiger partial charge in [-0.1, -0.05) is 31.2 Å². The molecule has 1 N–H and O–H groups in total. The van der Waals surface area contributed by atoms with Crippen LogP contribution in [0.1, 0.15) is 43.0 Å². The largest absolute Gasteiger partial charge is 0.435 e. The summed E-state index contributed by atoms with van der Waals surface area (Å²) in [6, 6.07) is 13.8. The summed E-state index contributed by atoms with van der Waals surface area (Å²) >= 11 is 0. The van der Waals surface area contributed by atoms with E-state index in [9.17, 15) is 18.4 Å². The quantitative estimate of drug-likeness (QED) is 0.724. The number of carbonyl (C=O) groups is 2. The zero-order valence-electron chi connectivity index (χ0n) is 17.1. The minimum Gasteiger partial charge on any atom is -0.435 e. The van der Waals surface area contributed by atoms with Crippen LogP contribution in [0.15, 0.2) is 48.5 Å². The lowest BCUT2D eigenvalue weighted by Crippen LogP contribution is -2.38. The second-order valence-electron chi connectivity index (χ2n) is 7.48. The van der Waals surface area contributed by atoms with Crippen LogP contribution in [0.25, 0.3) is 11.1 Å². The average molecular weight is 416 g/mol. The zero-order valence-corrected chi connectivity index (χ0v) is 17.1. The SMILES string of the molecule is CCC(=O)NC1CCC(N(C)C(=O)c2ccc(-c3ccc(OC(F)F)cc3)cc2)C1. The number of nitrogens with zero attached hydrogens (tertiary/aromatic N) is 1. The molecule has 30 heavy (non-hydrogen) atoms. The number of nitrogens with one attached hydrogen (secondary N) is 1. The van der Waals surface area contributed by atoms with Gasteiger partial charge < -0.3 is 15.0 Å². The molecule has 1 fully saturated rings. The van der Waals surface area contributed by atoms with Crippen molar-refractivity contribution in [1.82, 2.24) is 10.2 Å². The number of rotatable bonds is 7. The van der Waals surface area contributed by atoms with Gasteiger partial charge in [0.25, 0.3) is 5.91 Å². The lowest BCUT2D eigenvalue weighted by molar-refractivity contribution is -0.121. The van der Waals surface area contributed by atoms with Crippen molar-refractivity contribution >= 4 is 11.8 Å². The Kier molecular flexibility index (Phi) is 7.03. The van der Waals surface area contributed by atoms with E-state index in [0.29, 0.717) is 12.0 Å². The number of hydrogen-bond donors (Lipinski definition) is 1. The molecule has 0 aromatic heterocycles. The normalized spacial score (nSPS) is 18.3. The summed E-state index contributed by atoms with van der Waals surface area (Å²) in [7, 11) is 1.80. The summed E-state index contributed by atoms with van der Waals surface area (Å²) in [6.07, 6.45) is 2.96. The van der Waals surface area contributed by atoms with Crippen LogP contribution in [-0.2, 0) is 4.79 Å². The number of benzene rings is 2. The molecule has 0 saturated heterocycles. The standard InChI is InChI=1S/C23H26F2N2O3/c1-3-21(28)26-18-10-11-19(14-18)27(2)22(29)17-6-4-15(5-7-17)16-8-12-20(13-9-16)30-23(24)25/h4-9,12-13,18-19,23H,3,10-11,14H2,1-2H3,(H,26,28). The number of ether oxygens (including phenoxy) is 1. The van der Waals surface area contributed by atoms with Gasteiger partial charge in [0.1, 0.15) is 5.75 Å². The van der Waals surface area contributed by atoms with Crippen LogP contribution in [0.5, 0.6) is 5.75 Å². The molecule has 160 valence electrons. The highest BCUT2D eigenvalue weighted by Gasteiger charge is 2.30. The van der Waals surface area contributed by atoms with Crippen molar-refractivity contribution in [2.75, 3.05) is 7.05 Å². The molecule has 2 aromatic carbocycles. The number of carbonyl (C=O) groups excluding carboxylic acids is 2. The van der Waals surface area contributed by atoms with Crippen molar-refractivity contribution in [2.24, 2.45) is 0 Å². The molecule has 5 nitrogen and oxygen atoms in total. The van der Waals surface area contributed by atoms with Crippen molar-refractivity contribution < 1.29 is 23.1 Å². The molecule has 0 bridgehead atoms. The van der Waals surface area contributed by atoms with E-state index in [-0.39, 0.29) is 29.6 Å².